The van der Waals surface area contributed by atoms with Crippen molar-refractivity contribution in [1.29, 1.82) is 0 Å². The van der Waals surface area contributed by atoms with E-state index in [0.717, 1.165) is 28.4 Å². The van der Waals surface area contributed by atoms with Crippen LogP contribution in [0.5, 0.6) is 0 Å². The maximum absolute atomic E-state index is 12.7. The second-order valence-corrected chi connectivity index (χ2v) is 7.85. The molecule has 0 aromatic heterocycles. The van der Waals surface area contributed by atoms with E-state index in [9.17, 15) is 28.8 Å². The summed E-state index contributed by atoms with van der Waals surface area (Å²) in [5.41, 5.74) is -2.73. The van der Waals surface area contributed by atoms with Crippen LogP contribution in [0.2, 0.25) is 0 Å². The van der Waals surface area contributed by atoms with Gasteiger partial charge in [0.25, 0.3) is 11.6 Å². The summed E-state index contributed by atoms with van der Waals surface area (Å²) in [6.45, 7) is 0. The molecule has 6 atom stereocenters. The van der Waals surface area contributed by atoms with Gasteiger partial charge in [-0.1, -0.05) is 24.3 Å². The van der Waals surface area contributed by atoms with Gasteiger partial charge in [0.15, 0.2) is 0 Å². The molecular weight excluding hydrogens is 452 g/mol. The van der Waals surface area contributed by atoms with Gasteiger partial charge in [-0.2, -0.15) is 0 Å². The molecule has 2 heterocycles. The largest absolute Gasteiger partial charge is 0.467 e. The first-order chi connectivity index (χ1) is 16.0. The first-order valence-electron chi connectivity index (χ1n) is 10.0. The van der Waals surface area contributed by atoms with Gasteiger partial charge < -0.3 is 18.9 Å². The molecule has 0 saturated carbocycles. The molecular formula is C22H24N2O10. The van der Waals surface area contributed by atoms with Crippen LogP contribution in [0.3, 0.4) is 0 Å². The maximum Gasteiger partial charge on any atom is 0.377 e. The van der Waals surface area contributed by atoms with Crippen molar-refractivity contribution in [3.8, 4) is 0 Å². The first-order valence-corrected chi connectivity index (χ1v) is 10.0. The number of ether oxygens (including phenoxy) is 4. The number of ketones is 2. The number of hydrogen-bond acceptors (Lipinski definition) is 12. The monoisotopic (exact) mass is 476 g/mol. The Bertz CT molecular complexity index is 999. The number of rotatable bonds is 8. The van der Waals surface area contributed by atoms with E-state index in [1.54, 1.807) is 24.3 Å². The van der Waals surface area contributed by atoms with Crippen LogP contribution in [0.4, 0.5) is 0 Å². The predicted molar refractivity (Wildman–Crippen MR) is 111 cm³/mol. The van der Waals surface area contributed by atoms with Crippen LogP contribution in [0, 0.1) is 0 Å². The lowest BCUT2D eigenvalue weighted by atomic mass is 9.91. The average Bonchev–Trinajstić information content (AvgIpc) is 3.70. The molecule has 2 aliphatic heterocycles. The van der Waals surface area contributed by atoms with Crippen LogP contribution >= 0.6 is 0 Å². The average molecular weight is 476 g/mol. The third kappa shape index (κ3) is 3.13. The Hall–Kier alpha value is -3.64. The van der Waals surface area contributed by atoms with Crippen molar-refractivity contribution in [2.45, 2.75) is 23.2 Å². The summed E-state index contributed by atoms with van der Waals surface area (Å²) in [5, 5.41) is 0. The molecule has 2 fully saturated rings. The van der Waals surface area contributed by atoms with Gasteiger partial charge in [-0.25, -0.2) is 19.2 Å². The Morgan fingerprint density at radius 1 is 0.618 bits per heavy atom. The van der Waals surface area contributed by atoms with Gasteiger partial charge in [-0.05, 0) is 25.2 Å². The van der Waals surface area contributed by atoms with Crippen molar-refractivity contribution in [2.75, 3.05) is 42.5 Å². The van der Waals surface area contributed by atoms with E-state index in [1.165, 1.54) is 23.9 Å². The van der Waals surface area contributed by atoms with Crippen LogP contribution in [0.15, 0.2) is 24.3 Å². The summed E-state index contributed by atoms with van der Waals surface area (Å²) in [7, 11) is 7.26. The van der Waals surface area contributed by atoms with Crippen LogP contribution in [-0.2, 0) is 47.7 Å². The number of methoxy groups -OCH3 is 4. The van der Waals surface area contributed by atoms with Crippen molar-refractivity contribution in [3.63, 3.8) is 0 Å². The SMILES string of the molecule is COC(=O)C(=O)C1(C(=O)OC)C(c2ccc(C3N(C)C3(C(=O)OC)C(=O)C(=O)OC)cc2)N1C. The van der Waals surface area contributed by atoms with Crippen LogP contribution in [0.25, 0.3) is 0 Å². The molecule has 1 aromatic rings. The zero-order valence-electron chi connectivity index (χ0n) is 19.4. The number of esters is 4. The lowest BCUT2D eigenvalue weighted by Gasteiger charge is -2.12. The Morgan fingerprint density at radius 2 is 0.912 bits per heavy atom. The molecule has 6 unspecified atom stereocenters. The van der Waals surface area contributed by atoms with Crippen LogP contribution < -0.4 is 0 Å². The van der Waals surface area contributed by atoms with Gasteiger partial charge in [-0.15, -0.1) is 0 Å². The molecule has 0 spiro atoms. The molecule has 3 rings (SSSR count). The van der Waals surface area contributed by atoms with E-state index in [2.05, 4.69) is 9.47 Å². The van der Waals surface area contributed by atoms with E-state index in [4.69, 9.17) is 9.47 Å². The number of benzene rings is 1. The fourth-order valence-electron chi connectivity index (χ4n) is 4.70. The van der Waals surface area contributed by atoms with E-state index >= 15 is 0 Å². The summed E-state index contributed by atoms with van der Waals surface area (Å²) >= 11 is 0. The molecule has 2 saturated heterocycles. The Labute approximate surface area is 194 Å². The van der Waals surface area contributed by atoms with Crippen molar-refractivity contribution in [3.05, 3.63) is 35.4 Å². The third-order valence-electron chi connectivity index (χ3n) is 6.54. The highest BCUT2D eigenvalue weighted by molar-refractivity contribution is 6.44. The summed E-state index contributed by atoms with van der Waals surface area (Å²) in [6, 6.07) is 4.73. The molecule has 34 heavy (non-hydrogen) atoms. The standard InChI is InChI=1S/C22H24N2O10/c1-23-13(21(23,19(29)33-5)15(25)17(27)31-3)11-7-9-12(10-8-11)14-22(24(14)2,20(30)34-6)16(26)18(28)32-4/h7-10,13-14H,1-6H3. The summed E-state index contributed by atoms with van der Waals surface area (Å²) < 4.78 is 18.6. The Kier molecular flexibility index (Phi) is 6.33. The minimum atomic E-state index is -1.86. The van der Waals surface area contributed by atoms with Crippen molar-refractivity contribution in [1.82, 2.24) is 9.80 Å². The molecule has 2 aliphatic rings. The fourth-order valence-corrected chi connectivity index (χ4v) is 4.70. The zero-order chi connectivity index (χ0) is 25.6. The van der Waals surface area contributed by atoms with Crippen LogP contribution in [-0.4, -0.2) is 98.9 Å². The van der Waals surface area contributed by atoms with Gasteiger partial charge in [0.1, 0.15) is 0 Å². The van der Waals surface area contributed by atoms with Gasteiger partial charge >= 0.3 is 23.9 Å². The number of carbonyl (C=O) groups is 6. The first kappa shape index (κ1) is 25.0. The highest BCUT2D eigenvalue weighted by Gasteiger charge is 2.75. The van der Waals surface area contributed by atoms with Crippen molar-refractivity contribution >= 4 is 35.4 Å². The molecule has 182 valence electrons. The smallest absolute Gasteiger partial charge is 0.377 e. The van der Waals surface area contributed by atoms with E-state index in [0.29, 0.717) is 11.1 Å². The molecule has 0 N–H and O–H groups in total. The van der Waals surface area contributed by atoms with Crippen molar-refractivity contribution in [2.24, 2.45) is 0 Å². The van der Waals surface area contributed by atoms with Gasteiger partial charge in [-0.3, -0.25) is 19.4 Å². The summed E-state index contributed by atoms with van der Waals surface area (Å²) in [6.07, 6.45) is 0. The number of hydrogen-bond donors (Lipinski definition) is 0. The van der Waals surface area contributed by atoms with Crippen molar-refractivity contribution < 1.29 is 47.7 Å². The lowest BCUT2D eigenvalue weighted by Crippen LogP contribution is -2.43. The minimum Gasteiger partial charge on any atom is -0.467 e. The normalized spacial score (nSPS) is 31.0. The molecule has 12 heteroatoms. The molecule has 12 nitrogen and oxygen atoms in total. The summed E-state index contributed by atoms with van der Waals surface area (Å²) in [5.74, 6) is -6.30. The van der Waals surface area contributed by atoms with E-state index in [-0.39, 0.29) is 0 Å². The van der Waals surface area contributed by atoms with Gasteiger partial charge in [0, 0.05) is 0 Å². The minimum absolute atomic E-state index is 0.500. The zero-order valence-corrected chi connectivity index (χ0v) is 19.4. The van der Waals surface area contributed by atoms with Crippen LogP contribution in [0.1, 0.15) is 23.2 Å². The number of Topliss-reactive ketones (excluding diaryl/α,β-unsaturated/α-hetero) is 2. The molecule has 0 aliphatic carbocycles. The third-order valence-corrected chi connectivity index (χ3v) is 6.54. The number of likely N-dealkylation sites (N-methyl/N-ethyl adjacent to an activating group) is 2. The molecule has 0 radical (unpaired) electrons. The second-order valence-electron chi connectivity index (χ2n) is 7.85. The maximum atomic E-state index is 12.7. The lowest BCUT2D eigenvalue weighted by molar-refractivity contribution is -0.159. The highest BCUT2D eigenvalue weighted by Crippen LogP contribution is 2.56. The predicted octanol–water partition coefficient (Wildman–Crippen LogP) is -1.03. The van der Waals surface area contributed by atoms with Gasteiger partial charge in [0.05, 0.1) is 40.5 Å². The molecule has 1 aromatic carbocycles. The Balaban J connectivity index is 1.95. The Morgan fingerprint density at radius 3 is 1.15 bits per heavy atom. The number of nitrogens with zero attached hydrogens (tertiary/aromatic N) is 2. The molecule has 0 bridgehead atoms. The second kappa shape index (κ2) is 8.61. The molecule has 0 amide bonds. The quantitative estimate of drug-likeness (QED) is 0.149. The summed E-state index contributed by atoms with van der Waals surface area (Å²) in [4.78, 5) is 77.0. The topological polar surface area (TPSA) is 145 Å². The number of carbonyl (C=O) groups excluding carboxylic acids is 6. The van der Waals surface area contributed by atoms with E-state index in [1.807, 2.05) is 0 Å². The van der Waals surface area contributed by atoms with E-state index < -0.39 is 58.6 Å². The highest BCUT2D eigenvalue weighted by atomic mass is 16.5. The van der Waals surface area contributed by atoms with Gasteiger partial charge in [0.2, 0.25) is 11.1 Å². The fraction of sp³-hybridized carbons (Fsp3) is 0.455.